The topological polar surface area (TPSA) is 32.5 Å². The number of nitrogens with zero attached hydrogens (tertiary/aromatic N) is 2. The van der Waals surface area contributed by atoms with Gasteiger partial charge in [-0.15, -0.1) is 0 Å². The van der Waals surface area contributed by atoms with Gasteiger partial charge in [0.25, 0.3) is 0 Å². The average Bonchev–Trinajstić information content (AvgIpc) is 2.38. The van der Waals surface area contributed by atoms with Crippen LogP contribution in [-0.2, 0) is 0 Å². The van der Waals surface area contributed by atoms with Gasteiger partial charge >= 0.3 is 0 Å². The molecule has 2 fully saturated rings. The van der Waals surface area contributed by atoms with Gasteiger partial charge in [0.15, 0.2) is 0 Å². The molecule has 0 spiro atoms. The van der Waals surface area contributed by atoms with Gasteiger partial charge in [-0.3, -0.25) is 4.90 Å². The van der Waals surface area contributed by atoms with Crippen molar-refractivity contribution in [3.63, 3.8) is 0 Å². The molecule has 1 saturated heterocycles. The van der Waals surface area contributed by atoms with Crippen LogP contribution >= 0.6 is 0 Å². The van der Waals surface area contributed by atoms with E-state index in [0.29, 0.717) is 5.41 Å². The van der Waals surface area contributed by atoms with Gasteiger partial charge in [-0.25, -0.2) is 0 Å². The number of hydrogen-bond donors (Lipinski definition) is 1. The lowest BCUT2D eigenvalue weighted by molar-refractivity contribution is -0.00871. The fourth-order valence-corrected chi connectivity index (χ4v) is 5.13. The van der Waals surface area contributed by atoms with Crippen LogP contribution in [0.5, 0.6) is 0 Å². The molecule has 0 aromatic carbocycles. The highest BCUT2D eigenvalue weighted by Gasteiger charge is 2.44. The van der Waals surface area contributed by atoms with Crippen LogP contribution < -0.4 is 5.73 Å². The molecule has 0 amide bonds. The Balaban J connectivity index is 2.01. The van der Waals surface area contributed by atoms with Crippen LogP contribution in [0.25, 0.3) is 0 Å². The van der Waals surface area contributed by atoms with Crippen LogP contribution in [-0.4, -0.2) is 55.6 Å². The summed E-state index contributed by atoms with van der Waals surface area (Å²) in [5.74, 6) is 1.65. The van der Waals surface area contributed by atoms with Crippen molar-refractivity contribution >= 4 is 0 Å². The standard InChI is InChI=1S/C18H37N3/c1-15-10-17(2,3)13-18(11-15,14-19)21(5)12-16-6-8-20(4)9-7-16/h15-16H,6-14,19H2,1-5H3. The zero-order valence-electron chi connectivity index (χ0n) is 15.0. The third kappa shape index (κ3) is 4.20. The maximum absolute atomic E-state index is 6.30. The molecule has 2 rings (SSSR count). The van der Waals surface area contributed by atoms with Crippen LogP contribution in [0.3, 0.4) is 0 Å². The summed E-state index contributed by atoms with van der Waals surface area (Å²) in [4.78, 5) is 5.10. The SMILES string of the molecule is CC1CC(C)(C)CC(CN)(N(C)CC2CCN(C)CC2)C1. The van der Waals surface area contributed by atoms with E-state index in [0.717, 1.165) is 18.4 Å². The largest absolute Gasteiger partial charge is 0.329 e. The van der Waals surface area contributed by atoms with Gasteiger partial charge in [-0.05, 0) is 76.5 Å². The van der Waals surface area contributed by atoms with Crippen LogP contribution in [0.1, 0.15) is 52.9 Å². The summed E-state index contributed by atoms with van der Waals surface area (Å²) < 4.78 is 0. The van der Waals surface area contributed by atoms with E-state index in [2.05, 4.69) is 44.7 Å². The molecule has 0 radical (unpaired) electrons. The van der Waals surface area contributed by atoms with E-state index in [1.165, 1.54) is 51.7 Å². The van der Waals surface area contributed by atoms with Gasteiger partial charge in [-0.2, -0.15) is 0 Å². The molecular weight excluding hydrogens is 258 g/mol. The Bertz CT molecular complexity index is 333. The van der Waals surface area contributed by atoms with Crippen LogP contribution in [0.2, 0.25) is 0 Å². The molecule has 2 atom stereocenters. The Hall–Kier alpha value is -0.120. The number of rotatable bonds is 4. The smallest absolute Gasteiger partial charge is 0.0336 e. The summed E-state index contributed by atoms with van der Waals surface area (Å²) in [6, 6.07) is 0. The van der Waals surface area contributed by atoms with E-state index in [9.17, 15) is 0 Å². The van der Waals surface area contributed by atoms with Crippen molar-refractivity contribution in [1.82, 2.24) is 9.80 Å². The lowest BCUT2D eigenvalue weighted by Gasteiger charge is -2.53. The molecule has 2 N–H and O–H groups in total. The summed E-state index contributed by atoms with van der Waals surface area (Å²) in [6.07, 6.45) is 6.57. The zero-order chi connectivity index (χ0) is 15.7. The van der Waals surface area contributed by atoms with Crippen molar-refractivity contribution in [1.29, 1.82) is 0 Å². The van der Waals surface area contributed by atoms with Gasteiger partial charge in [-0.1, -0.05) is 20.8 Å². The van der Waals surface area contributed by atoms with E-state index in [1.54, 1.807) is 0 Å². The fraction of sp³-hybridized carbons (Fsp3) is 1.00. The quantitative estimate of drug-likeness (QED) is 0.865. The van der Waals surface area contributed by atoms with E-state index in [-0.39, 0.29) is 5.54 Å². The Kier molecular flexibility index (Phi) is 5.38. The minimum atomic E-state index is 0.227. The highest BCUT2D eigenvalue weighted by molar-refractivity contribution is 5.00. The van der Waals surface area contributed by atoms with E-state index >= 15 is 0 Å². The van der Waals surface area contributed by atoms with Gasteiger partial charge < -0.3 is 10.6 Å². The maximum atomic E-state index is 6.30. The van der Waals surface area contributed by atoms with Crippen molar-refractivity contribution < 1.29 is 0 Å². The first-order valence-electron chi connectivity index (χ1n) is 8.86. The van der Waals surface area contributed by atoms with E-state index in [1.807, 2.05) is 0 Å². The van der Waals surface area contributed by atoms with Crippen molar-refractivity contribution in [3.8, 4) is 0 Å². The molecule has 3 heteroatoms. The number of hydrogen-bond acceptors (Lipinski definition) is 3. The van der Waals surface area contributed by atoms with Crippen LogP contribution in [0.15, 0.2) is 0 Å². The lowest BCUT2D eigenvalue weighted by atomic mass is 9.63. The third-order valence-corrected chi connectivity index (χ3v) is 6.00. The predicted octanol–water partition coefficient (Wildman–Crippen LogP) is 2.80. The van der Waals surface area contributed by atoms with E-state index in [4.69, 9.17) is 5.73 Å². The molecule has 1 heterocycles. The highest BCUT2D eigenvalue weighted by atomic mass is 15.2. The second-order valence-electron chi connectivity index (χ2n) is 8.91. The Labute approximate surface area is 132 Å². The molecule has 0 aromatic heterocycles. The third-order valence-electron chi connectivity index (χ3n) is 6.00. The lowest BCUT2D eigenvalue weighted by Crippen LogP contribution is -2.59. The minimum absolute atomic E-state index is 0.227. The van der Waals surface area contributed by atoms with Crippen molar-refractivity contribution in [2.45, 2.75) is 58.4 Å². The molecule has 1 aliphatic carbocycles. The molecule has 3 nitrogen and oxygen atoms in total. The molecule has 1 saturated carbocycles. The van der Waals surface area contributed by atoms with Crippen molar-refractivity contribution in [2.75, 3.05) is 40.3 Å². The molecule has 21 heavy (non-hydrogen) atoms. The van der Waals surface area contributed by atoms with Crippen LogP contribution in [0.4, 0.5) is 0 Å². The summed E-state index contributed by atoms with van der Waals surface area (Å²) in [6.45, 7) is 11.8. The van der Waals surface area contributed by atoms with Gasteiger partial charge in [0.1, 0.15) is 0 Å². The van der Waals surface area contributed by atoms with E-state index < -0.39 is 0 Å². The molecule has 0 bridgehead atoms. The fourth-order valence-electron chi connectivity index (χ4n) is 5.13. The first-order chi connectivity index (χ1) is 9.76. The molecule has 2 unspecified atom stereocenters. The first-order valence-corrected chi connectivity index (χ1v) is 8.86. The maximum Gasteiger partial charge on any atom is 0.0336 e. The summed E-state index contributed by atoms with van der Waals surface area (Å²) in [5, 5.41) is 0. The van der Waals surface area contributed by atoms with Gasteiger partial charge in [0, 0.05) is 18.6 Å². The number of likely N-dealkylation sites (N-methyl/N-ethyl adjacent to an activating group) is 1. The number of nitrogens with two attached hydrogens (primary N) is 1. The van der Waals surface area contributed by atoms with Gasteiger partial charge in [0.05, 0.1) is 0 Å². The van der Waals surface area contributed by atoms with Crippen molar-refractivity contribution in [2.24, 2.45) is 23.0 Å². The number of piperidine rings is 1. The second-order valence-corrected chi connectivity index (χ2v) is 8.91. The van der Waals surface area contributed by atoms with Crippen molar-refractivity contribution in [3.05, 3.63) is 0 Å². The summed E-state index contributed by atoms with van der Waals surface area (Å²) in [5.41, 5.74) is 6.96. The second kappa shape index (κ2) is 6.55. The average molecular weight is 296 g/mol. The zero-order valence-corrected chi connectivity index (χ0v) is 15.0. The summed E-state index contributed by atoms with van der Waals surface area (Å²) >= 11 is 0. The number of likely N-dealkylation sites (tertiary alicyclic amines) is 1. The summed E-state index contributed by atoms with van der Waals surface area (Å²) in [7, 11) is 4.58. The normalized spacial score (nSPS) is 35.3. The molecule has 0 aromatic rings. The molecular formula is C18H37N3. The minimum Gasteiger partial charge on any atom is -0.329 e. The molecule has 1 aliphatic heterocycles. The van der Waals surface area contributed by atoms with Gasteiger partial charge in [0.2, 0.25) is 0 Å². The highest BCUT2D eigenvalue weighted by Crippen LogP contribution is 2.46. The Morgan fingerprint density at radius 2 is 1.81 bits per heavy atom. The van der Waals surface area contributed by atoms with Crippen LogP contribution in [0, 0.1) is 17.3 Å². The molecule has 124 valence electrons. The first kappa shape index (κ1) is 17.2. The Morgan fingerprint density at radius 1 is 1.19 bits per heavy atom. The molecule has 2 aliphatic rings. The Morgan fingerprint density at radius 3 is 2.33 bits per heavy atom. The monoisotopic (exact) mass is 295 g/mol. The predicted molar refractivity (Wildman–Crippen MR) is 91.4 cm³/mol.